The summed E-state index contributed by atoms with van der Waals surface area (Å²) in [6, 6.07) is 0. The smallest absolute Gasteiger partial charge is 0.0650 e. The number of ether oxygens (including phenoxy) is 1. The van der Waals surface area contributed by atoms with Crippen molar-refractivity contribution in [2.45, 2.75) is 44.3 Å². The highest BCUT2D eigenvalue weighted by Gasteiger charge is 2.16. The summed E-state index contributed by atoms with van der Waals surface area (Å²) in [6.07, 6.45) is 9.60. The molecule has 1 N–H and O–H groups in total. The van der Waals surface area contributed by atoms with Gasteiger partial charge in [-0.05, 0) is 25.7 Å². The Morgan fingerprint density at radius 2 is 2.50 bits per heavy atom. The third-order valence-electron chi connectivity index (χ3n) is 2.20. The second-order valence-electron chi connectivity index (χ2n) is 3.27. The van der Waals surface area contributed by atoms with E-state index in [1.807, 2.05) is 0 Å². The molecule has 0 saturated carbocycles. The Kier molecular flexibility index (Phi) is 4.13. The van der Waals surface area contributed by atoms with Crippen molar-refractivity contribution in [1.82, 2.24) is 0 Å². The number of aliphatic hydroxyl groups is 1. The molecule has 0 aliphatic carbocycles. The van der Waals surface area contributed by atoms with Gasteiger partial charge in [0.1, 0.15) is 0 Å². The van der Waals surface area contributed by atoms with E-state index in [4.69, 9.17) is 11.2 Å². The van der Waals surface area contributed by atoms with E-state index >= 15 is 0 Å². The summed E-state index contributed by atoms with van der Waals surface area (Å²) < 4.78 is 5.42. The van der Waals surface area contributed by atoms with Gasteiger partial charge in [0, 0.05) is 13.0 Å². The molecule has 1 aliphatic rings. The van der Waals surface area contributed by atoms with Crippen LogP contribution < -0.4 is 0 Å². The van der Waals surface area contributed by atoms with Crippen molar-refractivity contribution in [2.75, 3.05) is 6.61 Å². The highest BCUT2D eigenvalue weighted by molar-refractivity contribution is 4.87. The monoisotopic (exact) mass is 168 g/mol. The summed E-state index contributed by atoms with van der Waals surface area (Å²) in [6.45, 7) is 0.885. The Balaban J connectivity index is 2.04. The predicted molar refractivity (Wildman–Crippen MR) is 47.7 cm³/mol. The first kappa shape index (κ1) is 9.57. The minimum atomic E-state index is -0.334. The topological polar surface area (TPSA) is 29.5 Å². The molecular weight excluding hydrogens is 152 g/mol. The van der Waals surface area contributed by atoms with Crippen LogP contribution in [0.2, 0.25) is 0 Å². The van der Waals surface area contributed by atoms with Crippen molar-refractivity contribution >= 4 is 0 Å². The van der Waals surface area contributed by atoms with Gasteiger partial charge in [0.05, 0.1) is 12.2 Å². The quantitative estimate of drug-likeness (QED) is 0.642. The molecule has 1 aliphatic heterocycles. The molecule has 1 saturated heterocycles. The summed E-state index contributed by atoms with van der Waals surface area (Å²) in [7, 11) is 0. The third kappa shape index (κ3) is 3.25. The maximum atomic E-state index is 9.31. The van der Waals surface area contributed by atoms with Crippen molar-refractivity contribution in [3.63, 3.8) is 0 Å². The highest BCUT2D eigenvalue weighted by atomic mass is 16.5. The maximum Gasteiger partial charge on any atom is 0.0650 e. The number of hydrogen-bond donors (Lipinski definition) is 1. The van der Waals surface area contributed by atoms with Crippen molar-refractivity contribution in [3.05, 3.63) is 0 Å². The lowest BCUT2D eigenvalue weighted by Crippen LogP contribution is -2.11. The molecule has 0 aromatic heterocycles. The van der Waals surface area contributed by atoms with E-state index in [0.717, 1.165) is 32.3 Å². The minimum Gasteiger partial charge on any atom is -0.392 e. The molecule has 1 rings (SSSR count). The first-order valence-corrected chi connectivity index (χ1v) is 4.56. The molecule has 0 bridgehead atoms. The number of aliphatic hydroxyl groups excluding tert-OH is 1. The van der Waals surface area contributed by atoms with E-state index < -0.39 is 0 Å². The summed E-state index contributed by atoms with van der Waals surface area (Å²) in [5, 5.41) is 9.31. The number of hydrogen-bond acceptors (Lipinski definition) is 2. The highest BCUT2D eigenvalue weighted by Crippen LogP contribution is 2.18. The summed E-state index contributed by atoms with van der Waals surface area (Å²) in [5.74, 6) is 2.45. The molecular formula is C10H16O2. The molecule has 0 aromatic carbocycles. The fourth-order valence-corrected chi connectivity index (χ4v) is 1.49. The van der Waals surface area contributed by atoms with Gasteiger partial charge in [-0.3, -0.25) is 0 Å². The van der Waals surface area contributed by atoms with Crippen LogP contribution in [0.5, 0.6) is 0 Å². The molecule has 2 unspecified atom stereocenters. The van der Waals surface area contributed by atoms with Crippen LogP contribution in [0, 0.1) is 12.3 Å². The first-order valence-electron chi connectivity index (χ1n) is 4.56. The van der Waals surface area contributed by atoms with Crippen molar-refractivity contribution < 1.29 is 9.84 Å². The molecule has 0 aromatic rings. The molecule has 0 amide bonds. The molecule has 2 heteroatoms. The van der Waals surface area contributed by atoms with E-state index in [0.29, 0.717) is 12.5 Å². The Morgan fingerprint density at radius 3 is 3.08 bits per heavy atom. The van der Waals surface area contributed by atoms with Gasteiger partial charge in [-0.2, -0.15) is 0 Å². The molecule has 0 spiro atoms. The Hall–Kier alpha value is -0.520. The zero-order valence-electron chi connectivity index (χ0n) is 7.33. The fourth-order valence-electron chi connectivity index (χ4n) is 1.49. The van der Waals surface area contributed by atoms with Gasteiger partial charge in [-0.15, -0.1) is 12.3 Å². The van der Waals surface area contributed by atoms with Gasteiger partial charge in [0.2, 0.25) is 0 Å². The molecule has 1 fully saturated rings. The number of terminal acetylenes is 1. The zero-order valence-corrected chi connectivity index (χ0v) is 7.33. The van der Waals surface area contributed by atoms with Gasteiger partial charge < -0.3 is 9.84 Å². The molecule has 2 nitrogen and oxygen atoms in total. The lowest BCUT2D eigenvalue weighted by molar-refractivity contribution is 0.0824. The first-order chi connectivity index (χ1) is 5.83. The van der Waals surface area contributed by atoms with Crippen LogP contribution in [0.15, 0.2) is 0 Å². The minimum absolute atomic E-state index is 0.334. The van der Waals surface area contributed by atoms with Crippen LogP contribution in [0.1, 0.15) is 32.1 Å². The van der Waals surface area contributed by atoms with Crippen LogP contribution in [0.3, 0.4) is 0 Å². The second-order valence-corrected chi connectivity index (χ2v) is 3.27. The normalized spacial score (nSPS) is 25.2. The second kappa shape index (κ2) is 5.18. The van der Waals surface area contributed by atoms with Gasteiger partial charge >= 0.3 is 0 Å². The average molecular weight is 168 g/mol. The van der Waals surface area contributed by atoms with Crippen LogP contribution in [-0.2, 0) is 4.74 Å². The zero-order chi connectivity index (χ0) is 8.81. The SMILES string of the molecule is C#CCC(O)CCC1CCCO1. The summed E-state index contributed by atoms with van der Waals surface area (Å²) in [4.78, 5) is 0. The lowest BCUT2D eigenvalue weighted by Gasteiger charge is -2.11. The third-order valence-corrected chi connectivity index (χ3v) is 2.20. The standard InChI is InChI=1S/C10H16O2/c1-2-4-9(11)6-7-10-5-3-8-12-10/h1,9-11H,3-8H2. The van der Waals surface area contributed by atoms with E-state index in [2.05, 4.69) is 5.92 Å². The van der Waals surface area contributed by atoms with Crippen LogP contribution in [0.25, 0.3) is 0 Å². The average Bonchev–Trinajstić information content (AvgIpc) is 2.53. The molecule has 2 atom stereocenters. The molecule has 1 heterocycles. The predicted octanol–water partition coefficient (Wildman–Crippen LogP) is 1.33. The summed E-state index contributed by atoms with van der Waals surface area (Å²) >= 11 is 0. The van der Waals surface area contributed by atoms with Gasteiger partial charge in [0.15, 0.2) is 0 Å². The van der Waals surface area contributed by atoms with Crippen molar-refractivity contribution in [1.29, 1.82) is 0 Å². The Bertz CT molecular complexity index is 154. The van der Waals surface area contributed by atoms with Crippen LogP contribution in [-0.4, -0.2) is 23.9 Å². The van der Waals surface area contributed by atoms with Crippen molar-refractivity contribution in [3.8, 4) is 12.3 Å². The van der Waals surface area contributed by atoms with Crippen LogP contribution >= 0.6 is 0 Å². The van der Waals surface area contributed by atoms with E-state index in [9.17, 15) is 5.11 Å². The van der Waals surface area contributed by atoms with Gasteiger partial charge in [-0.1, -0.05) is 0 Å². The van der Waals surface area contributed by atoms with Crippen LogP contribution in [0.4, 0.5) is 0 Å². The summed E-state index contributed by atoms with van der Waals surface area (Å²) in [5.41, 5.74) is 0. The fraction of sp³-hybridized carbons (Fsp3) is 0.800. The Labute approximate surface area is 73.9 Å². The molecule has 12 heavy (non-hydrogen) atoms. The van der Waals surface area contributed by atoms with Gasteiger partial charge in [-0.25, -0.2) is 0 Å². The van der Waals surface area contributed by atoms with E-state index in [1.165, 1.54) is 0 Å². The maximum absolute atomic E-state index is 9.31. The van der Waals surface area contributed by atoms with E-state index in [1.54, 1.807) is 0 Å². The lowest BCUT2D eigenvalue weighted by atomic mass is 10.1. The molecule has 68 valence electrons. The van der Waals surface area contributed by atoms with Gasteiger partial charge in [0.25, 0.3) is 0 Å². The van der Waals surface area contributed by atoms with E-state index in [-0.39, 0.29) is 6.10 Å². The largest absolute Gasteiger partial charge is 0.392 e. The number of rotatable bonds is 4. The molecule has 0 radical (unpaired) electrons. The Morgan fingerprint density at radius 1 is 1.67 bits per heavy atom. The van der Waals surface area contributed by atoms with Crippen molar-refractivity contribution in [2.24, 2.45) is 0 Å².